The van der Waals surface area contributed by atoms with Crippen molar-refractivity contribution in [2.24, 2.45) is 0 Å². The highest BCUT2D eigenvalue weighted by Crippen LogP contribution is 2.31. The van der Waals surface area contributed by atoms with Crippen LogP contribution in [0.1, 0.15) is 19.5 Å². The summed E-state index contributed by atoms with van der Waals surface area (Å²) in [6.07, 6.45) is 0. The van der Waals surface area contributed by atoms with Crippen molar-refractivity contribution in [2.75, 3.05) is 19.6 Å². The zero-order valence-electron chi connectivity index (χ0n) is 13.3. The predicted octanol–water partition coefficient (Wildman–Crippen LogP) is 3.26. The lowest BCUT2D eigenvalue weighted by atomic mass is 10.2. The van der Waals surface area contributed by atoms with Gasteiger partial charge in [0.2, 0.25) is 0 Å². The quantitative estimate of drug-likeness (QED) is 0.725. The maximum atomic E-state index is 12.6. The fourth-order valence-electron chi connectivity index (χ4n) is 2.85. The zero-order valence-corrected chi connectivity index (χ0v) is 14.1. The molecule has 2 heterocycles. The van der Waals surface area contributed by atoms with Crippen molar-refractivity contribution in [2.45, 2.75) is 27.3 Å². The average molecular weight is 315 g/mol. The van der Waals surface area contributed by atoms with E-state index >= 15 is 0 Å². The van der Waals surface area contributed by atoms with E-state index in [1.54, 1.807) is 18.3 Å². The van der Waals surface area contributed by atoms with Crippen molar-refractivity contribution in [1.82, 2.24) is 14.5 Å². The molecule has 2 aromatic heterocycles. The number of hydrogen-bond acceptors (Lipinski definition) is 4. The number of benzene rings is 1. The first-order chi connectivity index (χ1) is 10.7. The lowest BCUT2D eigenvalue weighted by Crippen LogP contribution is -2.32. The molecule has 0 saturated heterocycles. The largest absolute Gasteiger partial charge is 0.303 e. The monoisotopic (exact) mass is 315 g/mol. The Labute approximate surface area is 134 Å². The number of aryl methyl sites for hydroxylation is 1. The SMILES string of the molecule is CCN(CC)CCn1c(=O)c(C)nc2sc3ccccc3c21. The van der Waals surface area contributed by atoms with Crippen LogP contribution in [-0.4, -0.2) is 34.1 Å². The highest BCUT2D eigenvalue weighted by atomic mass is 32.1. The van der Waals surface area contributed by atoms with Crippen molar-refractivity contribution >= 4 is 31.8 Å². The molecule has 3 rings (SSSR count). The van der Waals surface area contributed by atoms with Crippen LogP contribution in [-0.2, 0) is 6.54 Å². The van der Waals surface area contributed by atoms with Gasteiger partial charge < -0.3 is 9.47 Å². The van der Waals surface area contributed by atoms with Crippen molar-refractivity contribution < 1.29 is 0 Å². The second-order valence-electron chi connectivity index (χ2n) is 5.43. The molecule has 0 amide bonds. The summed E-state index contributed by atoms with van der Waals surface area (Å²) < 4.78 is 3.10. The predicted molar refractivity (Wildman–Crippen MR) is 93.9 cm³/mol. The van der Waals surface area contributed by atoms with Gasteiger partial charge in [-0.3, -0.25) is 4.79 Å². The van der Waals surface area contributed by atoms with Gasteiger partial charge in [-0.25, -0.2) is 4.98 Å². The van der Waals surface area contributed by atoms with Gasteiger partial charge in [-0.1, -0.05) is 32.0 Å². The number of likely N-dealkylation sites (N-methyl/N-ethyl adjacent to an activating group) is 1. The van der Waals surface area contributed by atoms with Crippen LogP contribution in [0.2, 0.25) is 0 Å². The summed E-state index contributed by atoms with van der Waals surface area (Å²) in [7, 11) is 0. The van der Waals surface area contributed by atoms with Crippen LogP contribution in [0.4, 0.5) is 0 Å². The van der Waals surface area contributed by atoms with E-state index < -0.39 is 0 Å². The van der Waals surface area contributed by atoms with Gasteiger partial charge in [-0.05, 0) is 26.1 Å². The van der Waals surface area contributed by atoms with Crippen LogP contribution in [0.15, 0.2) is 29.1 Å². The van der Waals surface area contributed by atoms with E-state index in [2.05, 4.69) is 35.9 Å². The number of thiophene rings is 1. The lowest BCUT2D eigenvalue weighted by Gasteiger charge is -2.19. The minimum absolute atomic E-state index is 0.0307. The lowest BCUT2D eigenvalue weighted by molar-refractivity contribution is 0.290. The van der Waals surface area contributed by atoms with Crippen LogP contribution in [0.3, 0.4) is 0 Å². The molecule has 0 aliphatic rings. The van der Waals surface area contributed by atoms with Crippen molar-refractivity contribution in [1.29, 1.82) is 0 Å². The first-order valence-electron chi connectivity index (χ1n) is 7.76. The van der Waals surface area contributed by atoms with Crippen LogP contribution in [0.5, 0.6) is 0 Å². The van der Waals surface area contributed by atoms with E-state index in [0.717, 1.165) is 35.4 Å². The molecule has 5 heteroatoms. The zero-order chi connectivity index (χ0) is 15.7. The fraction of sp³-hybridized carbons (Fsp3) is 0.412. The third-order valence-corrected chi connectivity index (χ3v) is 5.23. The number of aromatic nitrogens is 2. The molecule has 1 aromatic carbocycles. The van der Waals surface area contributed by atoms with E-state index in [-0.39, 0.29) is 5.56 Å². The molecule has 0 saturated carbocycles. The van der Waals surface area contributed by atoms with Crippen LogP contribution in [0.25, 0.3) is 20.4 Å². The summed E-state index contributed by atoms with van der Waals surface area (Å²) in [4.78, 5) is 20.4. The molecule has 3 aromatic rings. The standard InChI is InChI=1S/C17H21N3OS/c1-4-19(5-2)10-11-20-15-13-8-6-7-9-14(13)22-16(15)18-12(3)17(20)21/h6-9H,4-5,10-11H2,1-3H3. The third kappa shape index (κ3) is 2.55. The first kappa shape index (κ1) is 15.2. The summed E-state index contributed by atoms with van der Waals surface area (Å²) in [5, 5.41) is 1.13. The Balaban J connectivity index is 2.17. The molecule has 0 aliphatic carbocycles. The molecule has 0 bridgehead atoms. The highest BCUT2D eigenvalue weighted by Gasteiger charge is 2.14. The molecule has 0 spiro atoms. The maximum Gasteiger partial charge on any atom is 0.272 e. The summed E-state index contributed by atoms with van der Waals surface area (Å²) in [5.74, 6) is 0. The highest BCUT2D eigenvalue weighted by molar-refractivity contribution is 7.25. The molecule has 0 radical (unpaired) electrons. The number of nitrogens with zero attached hydrogens (tertiary/aromatic N) is 3. The van der Waals surface area contributed by atoms with E-state index in [9.17, 15) is 4.79 Å². The maximum absolute atomic E-state index is 12.6. The fourth-order valence-corrected chi connectivity index (χ4v) is 3.98. The minimum Gasteiger partial charge on any atom is -0.303 e. The smallest absolute Gasteiger partial charge is 0.272 e. The molecule has 0 atom stereocenters. The molecule has 22 heavy (non-hydrogen) atoms. The number of fused-ring (bicyclic) bond motifs is 3. The molecule has 0 aliphatic heterocycles. The molecule has 116 valence electrons. The third-order valence-electron chi connectivity index (χ3n) is 4.18. The first-order valence-corrected chi connectivity index (χ1v) is 8.58. The Hall–Kier alpha value is -1.72. The normalized spacial score (nSPS) is 11.8. The Bertz CT molecular complexity index is 861. The number of hydrogen-bond donors (Lipinski definition) is 0. The number of rotatable bonds is 5. The average Bonchev–Trinajstić information content (AvgIpc) is 2.89. The molecule has 0 fully saturated rings. The summed E-state index contributed by atoms with van der Waals surface area (Å²) in [6.45, 7) is 9.71. The topological polar surface area (TPSA) is 38.1 Å². The van der Waals surface area contributed by atoms with Crippen molar-refractivity contribution in [3.63, 3.8) is 0 Å². The second kappa shape index (κ2) is 6.18. The Morgan fingerprint density at radius 3 is 2.68 bits per heavy atom. The van der Waals surface area contributed by atoms with Gasteiger partial charge >= 0.3 is 0 Å². The van der Waals surface area contributed by atoms with E-state index in [4.69, 9.17) is 0 Å². The molecular formula is C17H21N3OS. The van der Waals surface area contributed by atoms with Crippen molar-refractivity contribution in [3.05, 3.63) is 40.3 Å². The van der Waals surface area contributed by atoms with Gasteiger partial charge in [0, 0.05) is 23.2 Å². The summed E-state index contributed by atoms with van der Waals surface area (Å²) in [6, 6.07) is 8.23. The van der Waals surface area contributed by atoms with Crippen LogP contribution < -0.4 is 5.56 Å². The van der Waals surface area contributed by atoms with Crippen molar-refractivity contribution in [3.8, 4) is 0 Å². The summed E-state index contributed by atoms with van der Waals surface area (Å²) in [5.41, 5.74) is 1.60. The Kier molecular flexibility index (Phi) is 4.27. The van der Waals surface area contributed by atoms with Crippen LogP contribution >= 0.6 is 11.3 Å². The Morgan fingerprint density at radius 1 is 1.23 bits per heavy atom. The van der Waals surface area contributed by atoms with Crippen LogP contribution in [0, 0.1) is 6.92 Å². The minimum atomic E-state index is 0.0307. The molecule has 4 nitrogen and oxygen atoms in total. The van der Waals surface area contributed by atoms with E-state index in [1.165, 1.54) is 4.70 Å². The van der Waals surface area contributed by atoms with E-state index in [0.29, 0.717) is 12.2 Å². The van der Waals surface area contributed by atoms with Gasteiger partial charge in [0.05, 0.1) is 5.52 Å². The van der Waals surface area contributed by atoms with Gasteiger partial charge in [-0.2, -0.15) is 0 Å². The van der Waals surface area contributed by atoms with Gasteiger partial charge in [0.25, 0.3) is 5.56 Å². The van der Waals surface area contributed by atoms with Gasteiger partial charge in [0.1, 0.15) is 10.5 Å². The van der Waals surface area contributed by atoms with Gasteiger partial charge in [-0.15, -0.1) is 11.3 Å². The molecule has 0 N–H and O–H groups in total. The molecular weight excluding hydrogens is 294 g/mol. The summed E-state index contributed by atoms with van der Waals surface area (Å²) >= 11 is 1.66. The Morgan fingerprint density at radius 2 is 1.95 bits per heavy atom. The van der Waals surface area contributed by atoms with E-state index in [1.807, 2.05) is 16.7 Å². The molecule has 0 unspecified atom stereocenters. The van der Waals surface area contributed by atoms with Gasteiger partial charge in [0.15, 0.2) is 0 Å². The second-order valence-corrected chi connectivity index (χ2v) is 6.46.